The second-order valence-corrected chi connectivity index (χ2v) is 6.45. The summed E-state index contributed by atoms with van der Waals surface area (Å²) in [5.74, 6) is 1.90. The van der Waals surface area contributed by atoms with Crippen LogP contribution in [0, 0.1) is 6.92 Å². The fourth-order valence-electron chi connectivity index (χ4n) is 3.14. The molecule has 1 aliphatic rings. The van der Waals surface area contributed by atoms with Crippen molar-refractivity contribution in [3.8, 4) is 11.6 Å². The van der Waals surface area contributed by atoms with Gasteiger partial charge in [-0.3, -0.25) is 4.79 Å². The second kappa shape index (κ2) is 7.63. The number of ether oxygens (including phenoxy) is 1. The number of piperazine rings is 1. The van der Waals surface area contributed by atoms with Crippen LogP contribution in [-0.4, -0.2) is 69.1 Å². The third-order valence-corrected chi connectivity index (χ3v) is 4.60. The SMILES string of the molecule is COc1cc(N2CCN(C(=O)c3cnn(-c4ccccc4)n3)CC2)nc(C)n1. The largest absolute Gasteiger partial charge is 0.481 e. The van der Waals surface area contributed by atoms with E-state index in [2.05, 4.69) is 25.1 Å². The van der Waals surface area contributed by atoms with Crippen LogP contribution in [0.3, 0.4) is 0 Å². The molecule has 0 radical (unpaired) electrons. The fourth-order valence-corrected chi connectivity index (χ4v) is 3.14. The molecule has 3 heterocycles. The van der Waals surface area contributed by atoms with Gasteiger partial charge in [0.05, 0.1) is 19.0 Å². The van der Waals surface area contributed by atoms with Gasteiger partial charge < -0.3 is 14.5 Å². The molecular weight excluding hydrogens is 358 g/mol. The number of hydrogen-bond acceptors (Lipinski definition) is 7. The van der Waals surface area contributed by atoms with Gasteiger partial charge in [0.2, 0.25) is 5.88 Å². The Hall–Kier alpha value is -3.49. The number of benzene rings is 1. The highest BCUT2D eigenvalue weighted by Gasteiger charge is 2.25. The van der Waals surface area contributed by atoms with E-state index < -0.39 is 0 Å². The van der Waals surface area contributed by atoms with Crippen LogP contribution in [0.2, 0.25) is 0 Å². The molecule has 0 saturated carbocycles. The first kappa shape index (κ1) is 17.9. The number of para-hydroxylation sites is 1. The molecule has 1 fully saturated rings. The van der Waals surface area contributed by atoms with Crippen LogP contribution in [0.4, 0.5) is 5.82 Å². The monoisotopic (exact) mass is 379 g/mol. The molecule has 0 unspecified atom stereocenters. The average Bonchev–Trinajstić information content (AvgIpc) is 3.24. The van der Waals surface area contributed by atoms with Gasteiger partial charge in [-0.05, 0) is 19.1 Å². The van der Waals surface area contributed by atoms with Crippen LogP contribution < -0.4 is 9.64 Å². The summed E-state index contributed by atoms with van der Waals surface area (Å²) in [7, 11) is 1.59. The lowest BCUT2D eigenvalue weighted by atomic mass is 10.3. The second-order valence-electron chi connectivity index (χ2n) is 6.45. The zero-order valence-electron chi connectivity index (χ0n) is 15.8. The number of aromatic nitrogens is 5. The van der Waals surface area contributed by atoms with Gasteiger partial charge in [-0.2, -0.15) is 14.9 Å². The number of rotatable bonds is 4. The average molecular weight is 379 g/mol. The van der Waals surface area contributed by atoms with Crippen LogP contribution in [0.25, 0.3) is 5.69 Å². The van der Waals surface area contributed by atoms with Crippen molar-refractivity contribution in [3.05, 3.63) is 54.1 Å². The Bertz CT molecular complexity index is 965. The van der Waals surface area contributed by atoms with Crippen molar-refractivity contribution in [2.75, 3.05) is 38.2 Å². The third-order valence-electron chi connectivity index (χ3n) is 4.60. The van der Waals surface area contributed by atoms with Crippen molar-refractivity contribution in [1.29, 1.82) is 0 Å². The van der Waals surface area contributed by atoms with Crippen molar-refractivity contribution >= 4 is 11.7 Å². The molecule has 1 amide bonds. The summed E-state index contributed by atoms with van der Waals surface area (Å²) in [6.45, 7) is 4.36. The molecule has 9 heteroatoms. The topological polar surface area (TPSA) is 89.3 Å². The normalized spacial score (nSPS) is 14.2. The number of hydrogen-bond donors (Lipinski definition) is 0. The summed E-state index contributed by atoms with van der Waals surface area (Å²) in [6.07, 6.45) is 1.51. The summed E-state index contributed by atoms with van der Waals surface area (Å²) in [5.41, 5.74) is 1.16. The lowest BCUT2D eigenvalue weighted by Gasteiger charge is -2.35. The van der Waals surface area contributed by atoms with Crippen LogP contribution in [0.5, 0.6) is 5.88 Å². The van der Waals surface area contributed by atoms with Crippen molar-refractivity contribution < 1.29 is 9.53 Å². The van der Waals surface area contributed by atoms with Gasteiger partial charge >= 0.3 is 0 Å². The number of nitrogens with zero attached hydrogens (tertiary/aromatic N) is 7. The van der Waals surface area contributed by atoms with E-state index in [4.69, 9.17) is 4.74 Å². The molecular formula is C19H21N7O2. The molecule has 3 aromatic rings. The minimum absolute atomic E-state index is 0.113. The van der Waals surface area contributed by atoms with Gasteiger partial charge in [0.1, 0.15) is 11.6 Å². The summed E-state index contributed by atoms with van der Waals surface area (Å²) in [4.78, 5) is 26.9. The molecule has 0 atom stereocenters. The Morgan fingerprint density at radius 1 is 1.07 bits per heavy atom. The number of anilines is 1. The van der Waals surface area contributed by atoms with E-state index in [1.165, 1.54) is 11.0 Å². The van der Waals surface area contributed by atoms with E-state index in [-0.39, 0.29) is 5.91 Å². The fraction of sp³-hybridized carbons (Fsp3) is 0.316. The number of methoxy groups -OCH3 is 1. The van der Waals surface area contributed by atoms with Crippen LogP contribution in [-0.2, 0) is 0 Å². The van der Waals surface area contributed by atoms with Crippen molar-refractivity contribution in [2.24, 2.45) is 0 Å². The first-order valence-corrected chi connectivity index (χ1v) is 9.06. The van der Waals surface area contributed by atoms with Crippen LogP contribution in [0.1, 0.15) is 16.3 Å². The van der Waals surface area contributed by atoms with E-state index >= 15 is 0 Å². The molecule has 2 aromatic heterocycles. The highest BCUT2D eigenvalue weighted by Crippen LogP contribution is 2.19. The molecule has 28 heavy (non-hydrogen) atoms. The number of carbonyl (C=O) groups is 1. The van der Waals surface area contributed by atoms with Gasteiger partial charge in [-0.25, -0.2) is 4.98 Å². The smallest absolute Gasteiger partial charge is 0.276 e. The van der Waals surface area contributed by atoms with E-state index in [0.717, 1.165) is 11.5 Å². The predicted octanol–water partition coefficient (Wildman–Crippen LogP) is 1.34. The molecule has 1 aliphatic heterocycles. The maximum absolute atomic E-state index is 12.8. The molecule has 4 rings (SSSR count). The summed E-state index contributed by atoms with van der Waals surface area (Å²) in [6, 6.07) is 11.3. The summed E-state index contributed by atoms with van der Waals surface area (Å²) in [5, 5.41) is 8.54. The highest BCUT2D eigenvalue weighted by molar-refractivity contribution is 5.92. The molecule has 0 spiro atoms. The molecule has 0 N–H and O–H groups in total. The van der Waals surface area contributed by atoms with Gasteiger partial charge in [0.15, 0.2) is 5.69 Å². The van der Waals surface area contributed by atoms with E-state index in [0.29, 0.717) is 43.6 Å². The van der Waals surface area contributed by atoms with Crippen LogP contribution >= 0.6 is 0 Å². The quantitative estimate of drug-likeness (QED) is 0.676. The highest BCUT2D eigenvalue weighted by atomic mass is 16.5. The Morgan fingerprint density at radius 2 is 1.82 bits per heavy atom. The minimum atomic E-state index is -0.113. The number of carbonyl (C=O) groups excluding carboxylic acids is 1. The van der Waals surface area contributed by atoms with Crippen molar-refractivity contribution in [1.82, 2.24) is 29.9 Å². The number of amides is 1. The third kappa shape index (κ3) is 3.64. The maximum atomic E-state index is 12.8. The van der Waals surface area contributed by atoms with E-state index in [9.17, 15) is 4.79 Å². The van der Waals surface area contributed by atoms with E-state index in [1.54, 1.807) is 12.0 Å². The molecule has 1 saturated heterocycles. The van der Waals surface area contributed by atoms with Gasteiger partial charge in [-0.15, -0.1) is 5.10 Å². The van der Waals surface area contributed by atoms with Gasteiger partial charge in [-0.1, -0.05) is 18.2 Å². The Balaban J connectivity index is 1.42. The van der Waals surface area contributed by atoms with E-state index in [1.807, 2.05) is 43.3 Å². The van der Waals surface area contributed by atoms with Crippen LogP contribution in [0.15, 0.2) is 42.6 Å². The minimum Gasteiger partial charge on any atom is -0.481 e. The van der Waals surface area contributed by atoms with Gasteiger partial charge in [0, 0.05) is 32.2 Å². The molecule has 1 aromatic carbocycles. The summed E-state index contributed by atoms with van der Waals surface area (Å²) >= 11 is 0. The molecule has 0 bridgehead atoms. The van der Waals surface area contributed by atoms with Gasteiger partial charge in [0.25, 0.3) is 5.91 Å². The zero-order valence-corrected chi connectivity index (χ0v) is 15.8. The Labute approximate surface area is 162 Å². The van der Waals surface area contributed by atoms with Crippen molar-refractivity contribution in [3.63, 3.8) is 0 Å². The Kier molecular flexibility index (Phi) is 4.88. The zero-order chi connectivity index (χ0) is 19.5. The first-order valence-electron chi connectivity index (χ1n) is 9.06. The lowest BCUT2D eigenvalue weighted by molar-refractivity contribution is 0.0740. The first-order chi connectivity index (χ1) is 13.6. The van der Waals surface area contributed by atoms with Crippen molar-refractivity contribution in [2.45, 2.75) is 6.92 Å². The lowest BCUT2D eigenvalue weighted by Crippen LogP contribution is -2.49. The Morgan fingerprint density at radius 3 is 2.54 bits per heavy atom. The predicted molar refractivity (Wildman–Crippen MR) is 103 cm³/mol. The molecule has 9 nitrogen and oxygen atoms in total. The summed E-state index contributed by atoms with van der Waals surface area (Å²) < 4.78 is 5.22. The standard InChI is InChI=1S/C19H21N7O2/c1-14-21-17(12-18(22-14)28-2)24-8-10-25(11-9-24)19(27)16-13-20-26(23-16)15-6-4-3-5-7-15/h3-7,12-13H,8-11H2,1-2H3. The maximum Gasteiger partial charge on any atom is 0.276 e. The molecule has 144 valence electrons. The molecule has 0 aliphatic carbocycles. The number of aryl methyl sites for hydroxylation is 1.